The van der Waals surface area contributed by atoms with Gasteiger partial charge in [0.1, 0.15) is 5.82 Å². The molecule has 0 radical (unpaired) electrons. The van der Waals surface area contributed by atoms with E-state index in [1.165, 1.54) is 56.7 Å². The van der Waals surface area contributed by atoms with Crippen molar-refractivity contribution >= 4 is 10.0 Å². The second kappa shape index (κ2) is 9.06. The molecule has 0 aliphatic heterocycles. The number of rotatable bonds is 8. The Balaban J connectivity index is 1.73. The highest BCUT2D eigenvalue weighted by molar-refractivity contribution is 7.89. The van der Waals surface area contributed by atoms with Gasteiger partial charge in [-0.15, -0.1) is 0 Å². The summed E-state index contributed by atoms with van der Waals surface area (Å²) in [5, 5.41) is 4.22. The van der Waals surface area contributed by atoms with Crippen LogP contribution in [0.4, 0.5) is 4.39 Å². The smallest absolute Gasteiger partial charge is 0.266 e. The van der Waals surface area contributed by atoms with Gasteiger partial charge in [0.2, 0.25) is 10.0 Å². The zero-order chi connectivity index (χ0) is 21.7. The molecule has 3 rings (SSSR count). The molecule has 2 aromatic carbocycles. The maximum Gasteiger partial charge on any atom is 0.266 e. The molecule has 10 heteroatoms. The Morgan fingerprint density at radius 1 is 1.00 bits per heavy atom. The third-order valence-corrected chi connectivity index (χ3v) is 5.75. The fourth-order valence-corrected chi connectivity index (χ4v) is 3.77. The summed E-state index contributed by atoms with van der Waals surface area (Å²) in [6.07, 6.45) is 0. The van der Waals surface area contributed by atoms with Crippen molar-refractivity contribution < 1.29 is 22.3 Å². The van der Waals surface area contributed by atoms with Gasteiger partial charge in [0.05, 0.1) is 31.4 Å². The molecule has 0 bridgehead atoms. The molecule has 0 spiro atoms. The highest BCUT2D eigenvalue weighted by Crippen LogP contribution is 2.29. The monoisotopic (exact) mass is 433 g/mol. The first-order valence-corrected chi connectivity index (χ1v) is 10.4. The van der Waals surface area contributed by atoms with E-state index in [0.29, 0.717) is 17.0 Å². The fraction of sp³-hybridized carbons (Fsp3) is 0.200. The van der Waals surface area contributed by atoms with Crippen molar-refractivity contribution in [3.8, 4) is 22.8 Å². The molecular weight excluding hydrogens is 413 g/mol. The topological polar surface area (TPSA) is 99.5 Å². The summed E-state index contributed by atoms with van der Waals surface area (Å²) in [5.41, 5.74) is 0.722. The van der Waals surface area contributed by atoms with Gasteiger partial charge < -0.3 is 9.47 Å². The Morgan fingerprint density at radius 2 is 1.70 bits per heavy atom. The van der Waals surface area contributed by atoms with Crippen molar-refractivity contribution in [1.82, 2.24) is 14.5 Å². The zero-order valence-corrected chi connectivity index (χ0v) is 17.1. The van der Waals surface area contributed by atoms with Crippen LogP contribution >= 0.6 is 0 Å². The Hall–Kier alpha value is -3.24. The highest BCUT2D eigenvalue weighted by Gasteiger charge is 2.17. The molecule has 0 amide bonds. The van der Waals surface area contributed by atoms with E-state index < -0.39 is 10.0 Å². The van der Waals surface area contributed by atoms with Gasteiger partial charge in [-0.3, -0.25) is 4.79 Å². The lowest BCUT2D eigenvalue weighted by Gasteiger charge is -2.11. The van der Waals surface area contributed by atoms with Gasteiger partial charge in [0, 0.05) is 24.2 Å². The Morgan fingerprint density at radius 3 is 2.37 bits per heavy atom. The molecule has 1 heterocycles. The lowest BCUT2D eigenvalue weighted by atomic mass is 10.1. The molecule has 30 heavy (non-hydrogen) atoms. The van der Waals surface area contributed by atoms with Crippen molar-refractivity contribution in [2.24, 2.45) is 0 Å². The highest BCUT2D eigenvalue weighted by atomic mass is 32.2. The van der Waals surface area contributed by atoms with Crippen molar-refractivity contribution in [3.63, 3.8) is 0 Å². The van der Waals surface area contributed by atoms with Crippen LogP contribution < -0.4 is 19.8 Å². The predicted molar refractivity (Wildman–Crippen MR) is 109 cm³/mol. The SMILES string of the molecule is COc1ccc(S(=O)(=O)NCCn2nc(-c3ccc(F)cc3)ccc2=O)cc1OC. The predicted octanol–water partition coefficient (Wildman–Crippen LogP) is 2.05. The van der Waals surface area contributed by atoms with Crippen LogP contribution in [0.15, 0.2) is 64.3 Å². The summed E-state index contributed by atoms with van der Waals surface area (Å²) >= 11 is 0. The van der Waals surface area contributed by atoms with Gasteiger partial charge in [-0.05, 0) is 42.5 Å². The van der Waals surface area contributed by atoms with Gasteiger partial charge >= 0.3 is 0 Å². The summed E-state index contributed by atoms with van der Waals surface area (Å²) in [4.78, 5) is 12.1. The van der Waals surface area contributed by atoms with Crippen LogP contribution in [-0.4, -0.2) is 39.0 Å². The fourth-order valence-electron chi connectivity index (χ4n) is 2.74. The molecule has 0 aliphatic rings. The number of nitrogens with zero attached hydrogens (tertiary/aromatic N) is 2. The molecule has 8 nitrogen and oxygen atoms in total. The largest absolute Gasteiger partial charge is 0.493 e. The maximum absolute atomic E-state index is 13.1. The van der Waals surface area contributed by atoms with Crippen LogP contribution in [-0.2, 0) is 16.6 Å². The van der Waals surface area contributed by atoms with Gasteiger partial charge in [-0.25, -0.2) is 22.2 Å². The quantitative estimate of drug-likeness (QED) is 0.584. The number of methoxy groups -OCH3 is 2. The number of hydrogen-bond acceptors (Lipinski definition) is 6. The number of nitrogens with one attached hydrogen (secondary N) is 1. The van der Waals surface area contributed by atoms with Crippen molar-refractivity contribution in [3.05, 3.63) is 70.8 Å². The van der Waals surface area contributed by atoms with Crippen LogP contribution in [0.5, 0.6) is 11.5 Å². The first-order valence-electron chi connectivity index (χ1n) is 8.90. The molecule has 0 fully saturated rings. The number of sulfonamides is 1. The van der Waals surface area contributed by atoms with E-state index in [1.54, 1.807) is 12.1 Å². The first-order chi connectivity index (χ1) is 14.3. The van der Waals surface area contributed by atoms with Crippen LogP contribution in [0.2, 0.25) is 0 Å². The minimum Gasteiger partial charge on any atom is -0.493 e. The van der Waals surface area contributed by atoms with Gasteiger partial charge in [0.15, 0.2) is 11.5 Å². The lowest BCUT2D eigenvalue weighted by Crippen LogP contribution is -2.32. The maximum atomic E-state index is 13.1. The van der Waals surface area contributed by atoms with Crippen molar-refractivity contribution in [1.29, 1.82) is 0 Å². The van der Waals surface area contributed by atoms with Crippen molar-refractivity contribution in [2.45, 2.75) is 11.4 Å². The number of hydrogen-bond donors (Lipinski definition) is 1. The van der Waals surface area contributed by atoms with Crippen LogP contribution in [0.3, 0.4) is 0 Å². The number of benzene rings is 2. The third-order valence-electron chi connectivity index (χ3n) is 4.29. The van der Waals surface area contributed by atoms with Crippen LogP contribution in [0, 0.1) is 5.82 Å². The zero-order valence-electron chi connectivity index (χ0n) is 16.3. The van der Waals surface area contributed by atoms with E-state index >= 15 is 0 Å². The minimum atomic E-state index is -3.84. The molecule has 0 atom stereocenters. The summed E-state index contributed by atoms with van der Waals surface area (Å²) in [6.45, 7) is -0.0448. The molecule has 0 unspecified atom stereocenters. The standard InChI is InChI=1S/C20H20FN3O5S/c1-28-18-9-7-16(13-19(18)29-2)30(26,27)22-11-12-24-20(25)10-8-17(23-24)14-3-5-15(21)6-4-14/h3-10,13,22H,11-12H2,1-2H3. The van der Waals surface area contributed by atoms with E-state index in [4.69, 9.17) is 9.47 Å². The third kappa shape index (κ3) is 4.84. The average molecular weight is 433 g/mol. The molecule has 0 saturated carbocycles. The van der Waals surface area contributed by atoms with E-state index in [0.717, 1.165) is 4.68 Å². The average Bonchev–Trinajstić information content (AvgIpc) is 2.75. The Bertz CT molecular complexity index is 1190. The normalized spacial score (nSPS) is 11.3. The number of aromatic nitrogens is 2. The molecule has 0 aliphatic carbocycles. The Labute approximate surface area is 172 Å². The lowest BCUT2D eigenvalue weighted by molar-refractivity contribution is 0.354. The molecular formula is C20H20FN3O5S. The molecule has 3 aromatic rings. The van der Waals surface area contributed by atoms with Crippen LogP contribution in [0.1, 0.15) is 0 Å². The Kier molecular flexibility index (Phi) is 6.48. The van der Waals surface area contributed by atoms with Gasteiger partial charge in [0.25, 0.3) is 5.56 Å². The van der Waals surface area contributed by atoms with Gasteiger partial charge in [-0.2, -0.15) is 5.10 Å². The number of halogens is 1. The molecule has 1 aromatic heterocycles. The summed E-state index contributed by atoms with van der Waals surface area (Å²) in [7, 11) is -0.974. The van der Waals surface area contributed by atoms with Gasteiger partial charge in [-0.1, -0.05) is 0 Å². The second-order valence-corrected chi connectivity index (χ2v) is 7.97. The van der Waals surface area contributed by atoms with E-state index in [2.05, 4.69) is 9.82 Å². The molecule has 1 N–H and O–H groups in total. The summed E-state index contributed by atoms with van der Waals surface area (Å²) < 4.78 is 52.0. The number of ether oxygens (including phenoxy) is 2. The first kappa shape index (κ1) is 21.5. The summed E-state index contributed by atoms with van der Waals surface area (Å²) in [6, 6.07) is 12.8. The van der Waals surface area contributed by atoms with Crippen molar-refractivity contribution in [2.75, 3.05) is 20.8 Å². The second-order valence-electron chi connectivity index (χ2n) is 6.20. The molecule has 158 valence electrons. The van der Waals surface area contributed by atoms with E-state index in [9.17, 15) is 17.6 Å². The summed E-state index contributed by atoms with van der Waals surface area (Å²) in [5.74, 6) is 0.312. The van der Waals surface area contributed by atoms with E-state index in [1.807, 2.05) is 0 Å². The molecule has 0 saturated heterocycles. The van der Waals surface area contributed by atoms with Crippen LogP contribution in [0.25, 0.3) is 11.3 Å². The van der Waals surface area contributed by atoms with E-state index in [-0.39, 0.29) is 35.1 Å². The minimum absolute atomic E-state index is 0.000481.